The molecule has 1 aliphatic rings. The maximum absolute atomic E-state index is 6.38. The molecule has 0 fully saturated rings. The van der Waals surface area contributed by atoms with Gasteiger partial charge in [-0.1, -0.05) is 129 Å². The second-order valence-corrected chi connectivity index (χ2v) is 12.6. The lowest BCUT2D eigenvalue weighted by Gasteiger charge is -2.29. The minimum absolute atomic E-state index is 0.0819. The van der Waals surface area contributed by atoms with Crippen LogP contribution >= 0.6 is 0 Å². The lowest BCUT2D eigenvalue weighted by molar-refractivity contribution is 0.660. The minimum atomic E-state index is -0.0819. The number of furan rings is 1. The van der Waals surface area contributed by atoms with Crippen molar-refractivity contribution in [1.82, 2.24) is 0 Å². The largest absolute Gasteiger partial charge is 0.455 e. The van der Waals surface area contributed by atoms with Crippen molar-refractivity contribution in [3.05, 3.63) is 163 Å². The standard InChI is InChI=1S/C43H31NO/c1-43(2)38-18-7-5-14-34(38)35-26-25-31(27-39(35)43)44(40-19-9-12-28-11-3-4-13-32(28)40)30-23-21-29(22-24-30)33-16-10-17-37-36-15-6-8-20-41(36)45-42(33)37/h3-27H,1-2H3. The van der Waals surface area contributed by atoms with Crippen LogP contribution in [0.1, 0.15) is 25.0 Å². The van der Waals surface area contributed by atoms with Crippen LogP contribution in [0.3, 0.4) is 0 Å². The molecule has 214 valence electrons. The van der Waals surface area contributed by atoms with E-state index in [-0.39, 0.29) is 5.41 Å². The highest BCUT2D eigenvalue weighted by atomic mass is 16.3. The van der Waals surface area contributed by atoms with E-state index in [9.17, 15) is 0 Å². The number of anilines is 3. The number of nitrogens with zero attached hydrogens (tertiary/aromatic N) is 1. The molecule has 45 heavy (non-hydrogen) atoms. The topological polar surface area (TPSA) is 16.4 Å². The fourth-order valence-electron chi connectivity index (χ4n) is 7.43. The van der Waals surface area contributed by atoms with E-state index in [0.29, 0.717) is 0 Å². The molecule has 0 bridgehead atoms. The van der Waals surface area contributed by atoms with Crippen LogP contribution in [-0.4, -0.2) is 0 Å². The molecule has 0 unspecified atom stereocenters. The predicted molar refractivity (Wildman–Crippen MR) is 189 cm³/mol. The van der Waals surface area contributed by atoms with Gasteiger partial charge in [0.05, 0.1) is 5.69 Å². The second-order valence-electron chi connectivity index (χ2n) is 12.6. The van der Waals surface area contributed by atoms with Crippen LogP contribution in [-0.2, 0) is 5.41 Å². The summed E-state index contributed by atoms with van der Waals surface area (Å²) in [5.41, 5.74) is 12.8. The van der Waals surface area contributed by atoms with Crippen LogP contribution in [0.5, 0.6) is 0 Å². The zero-order valence-electron chi connectivity index (χ0n) is 25.3. The molecule has 0 spiro atoms. The van der Waals surface area contributed by atoms with Crippen molar-refractivity contribution >= 4 is 49.8 Å². The van der Waals surface area contributed by atoms with Crippen molar-refractivity contribution in [1.29, 1.82) is 0 Å². The molecule has 0 amide bonds. The lowest BCUT2D eigenvalue weighted by Crippen LogP contribution is -2.16. The Labute approximate surface area is 262 Å². The molecular weight excluding hydrogens is 546 g/mol. The molecule has 0 saturated carbocycles. The van der Waals surface area contributed by atoms with Gasteiger partial charge in [0, 0.05) is 38.5 Å². The van der Waals surface area contributed by atoms with E-state index in [1.165, 1.54) is 33.0 Å². The summed E-state index contributed by atoms with van der Waals surface area (Å²) in [5.74, 6) is 0. The lowest BCUT2D eigenvalue weighted by atomic mass is 9.82. The van der Waals surface area contributed by atoms with Crippen molar-refractivity contribution in [3.8, 4) is 22.3 Å². The molecule has 7 aromatic carbocycles. The SMILES string of the molecule is CC1(C)c2ccccc2-c2ccc(N(c3ccc(-c4cccc5c4oc4ccccc45)cc3)c3cccc4ccccc34)cc21. The summed E-state index contributed by atoms with van der Waals surface area (Å²) in [7, 11) is 0. The Kier molecular flexibility index (Phi) is 5.58. The van der Waals surface area contributed by atoms with Gasteiger partial charge in [0.1, 0.15) is 11.2 Å². The Morgan fingerprint density at radius 1 is 0.489 bits per heavy atom. The van der Waals surface area contributed by atoms with E-state index < -0.39 is 0 Å². The third-order valence-corrected chi connectivity index (χ3v) is 9.67. The minimum Gasteiger partial charge on any atom is -0.455 e. The van der Waals surface area contributed by atoms with Crippen molar-refractivity contribution < 1.29 is 4.42 Å². The zero-order chi connectivity index (χ0) is 30.1. The highest BCUT2D eigenvalue weighted by Gasteiger charge is 2.35. The molecule has 1 heterocycles. The Bertz CT molecular complexity index is 2410. The van der Waals surface area contributed by atoms with E-state index in [0.717, 1.165) is 50.1 Å². The highest BCUT2D eigenvalue weighted by molar-refractivity contribution is 6.09. The summed E-state index contributed by atoms with van der Waals surface area (Å²) < 4.78 is 6.38. The summed E-state index contributed by atoms with van der Waals surface area (Å²) >= 11 is 0. The van der Waals surface area contributed by atoms with Crippen molar-refractivity contribution in [2.75, 3.05) is 4.90 Å². The fraction of sp³-hybridized carbons (Fsp3) is 0.0698. The van der Waals surface area contributed by atoms with E-state index >= 15 is 0 Å². The predicted octanol–water partition coefficient (Wildman–Crippen LogP) is 12.2. The van der Waals surface area contributed by atoms with E-state index in [2.05, 4.69) is 158 Å². The molecule has 0 aliphatic heterocycles. The van der Waals surface area contributed by atoms with Crippen LogP contribution in [0, 0.1) is 0 Å². The Morgan fingerprint density at radius 3 is 2.02 bits per heavy atom. The summed E-state index contributed by atoms with van der Waals surface area (Å²) in [4.78, 5) is 2.41. The van der Waals surface area contributed by atoms with Gasteiger partial charge in [-0.25, -0.2) is 0 Å². The van der Waals surface area contributed by atoms with Gasteiger partial charge in [0.2, 0.25) is 0 Å². The van der Waals surface area contributed by atoms with Gasteiger partial charge in [-0.15, -0.1) is 0 Å². The molecule has 2 nitrogen and oxygen atoms in total. The molecule has 9 rings (SSSR count). The first-order chi connectivity index (χ1) is 22.1. The number of hydrogen-bond acceptors (Lipinski definition) is 2. The van der Waals surface area contributed by atoms with Crippen molar-refractivity contribution in [2.24, 2.45) is 0 Å². The average Bonchev–Trinajstić information content (AvgIpc) is 3.58. The van der Waals surface area contributed by atoms with Crippen LogP contribution < -0.4 is 4.90 Å². The van der Waals surface area contributed by atoms with Gasteiger partial charge < -0.3 is 9.32 Å². The molecule has 8 aromatic rings. The normalized spacial score (nSPS) is 13.3. The molecule has 1 aromatic heterocycles. The quantitative estimate of drug-likeness (QED) is 0.207. The summed E-state index contributed by atoms with van der Waals surface area (Å²) in [5, 5.41) is 4.74. The molecule has 0 radical (unpaired) electrons. The first-order valence-corrected chi connectivity index (χ1v) is 15.6. The van der Waals surface area contributed by atoms with Crippen molar-refractivity contribution in [3.63, 3.8) is 0 Å². The maximum Gasteiger partial charge on any atom is 0.143 e. The van der Waals surface area contributed by atoms with Crippen LogP contribution in [0.25, 0.3) is 55.0 Å². The van der Waals surface area contributed by atoms with Crippen LogP contribution in [0.15, 0.2) is 156 Å². The number of rotatable bonds is 4. The first kappa shape index (κ1) is 25.9. The Balaban J connectivity index is 1.21. The zero-order valence-corrected chi connectivity index (χ0v) is 25.3. The highest BCUT2D eigenvalue weighted by Crippen LogP contribution is 2.51. The molecular formula is C43H31NO. The molecule has 0 N–H and O–H groups in total. The number of fused-ring (bicyclic) bond motifs is 7. The fourth-order valence-corrected chi connectivity index (χ4v) is 7.43. The number of benzene rings is 7. The smallest absolute Gasteiger partial charge is 0.143 e. The maximum atomic E-state index is 6.38. The molecule has 2 heteroatoms. The number of hydrogen-bond donors (Lipinski definition) is 0. The van der Waals surface area contributed by atoms with E-state index in [1.807, 2.05) is 12.1 Å². The van der Waals surface area contributed by atoms with Gasteiger partial charge in [0.15, 0.2) is 0 Å². The molecule has 0 atom stereocenters. The van der Waals surface area contributed by atoms with Gasteiger partial charge in [-0.05, 0) is 69.6 Å². The molecule has 0 saturated heterocycles. The molecule has 1 aliphatic carbocycles. The van der Waals surface area contributed by atoms with Gasteiger partial charge in [-0.2, -0.15) is 0 Å². The third kappa shape index (κ3) is 3.89. The number of para-hydroxylation sites is 2. The van der Waals surface area contributed by atoms with E-state index in [1.54, 1.807) is 0 Å². The van der Waals surface area contributed by atoms with Gasteiger partial charge in [-0.3, -0.25) is 0 Å². The first-order valence-electron chi connectivity index (χ1n) is 15.6. The van der Waals surface area contributed by atoms with E-state index in [4.69, 9.17) is 4.42 Å². The Hall–Kier alpha value is -5.60. The second kappa shape index (κ2) is 9.70. The van der Waals surface area contributed by atoms with Gasteiger partial charge in [0.25, 0.3) is 0 Å². The summed E-state index contributed by atoms with van der Waals surface area (Å²) in [6.07, 6.45) is 0. The summed E-state index contributed by atoms with van der Waals surface area (Å²) in [6.45, 7) is 4.69. The van der Waals surface area contributed by atoms with Crippen LogP contribution in [0.2, 0.25) is 0 Å². The third-order valence-electron chi connectivity index (χ3n) is 9.67. The van der Waals surface area contributed by atoms with Crippen LogP contribution in [0.4, 0.5) is 17.1 Å². The van der Waals surface area contributed by atoms with Crippen molar-refractivity contribution in [2.45, 2.75) is 19.3 Å². The summed E-state index contributed by atoms with van der Waals surface area (Å²) in [6, 6.07) is 54.7. The average molecular weight is 578 g/mol. The van der Waals surface area contributed by atoms with Gasteiger partial charge >= 0.3 is 0 Å². The monoisotopic (exact) mass is 577 g/mol. The Morgan fingerprint density at radius 2 is 1.13 bits per heavy atom.